The first kappa shape index (κ1) is 20.8. The van der Waals surface area contributed by atoms with E-state index in [4.69, 9.17) is 27.9 Å². The zero-order valence-electron chi connectivity index (χ0n) is 15.1. The molecule has 0 bridgehead atoms. The van der Waals surface area contributed by atoms with Crippen molar-refractivity contribution in [3.8, 4) is 0 Å². The third-order valence-electron chi connectivity index (χ3n) is 4.31. The number of carbonyl (C=O) groups is 4. The lowest BCUT2D eigenvalue weighted by molar-refractivity contribution is -0.147. The van der Waals surface area contributed by atoms with Gasteiger partial charge in [0.2, 0.25) is 11.7 Å². The third-order valence-corrected chi connectivity index (χ3v) is 4.86. The number of hydrazine groups is 1. The summed E-state index contributed by atoms with van der Waals surface area (Å²) in [4.78, 5) is 48.7. The first-order valence-electron chi connectivity index (χ1n) is 8.66. The first-order chi connectivity index (χ1) is 13.8. The molecule has 2 aromatic rings. The van der Waals surface area contributed by atoms with Crippen LogP contribution in [0, 0.1) is 5.92 Å². The van der Waals surface area contributed by atoms with Gasteiger partial charge in [0, 0.05) is 22.6 Å². The van der Waals surface area contributed by atoms with Crippen LogP contribution in [0.5, 0.6) is 0 Å². The molecule has 0 spiro atoms. The van der Waals surface area contributed by atoms with Crippen molar-refractivity contribution in [3.63, 3.8) is 0 Å². The van der Waals surface area contributed by atoms with Crippen LogP contribution in [0.25, 0.3) is 0 Å². The number of benzene rings is 2. The van der Waals surface area contributed by atoms with Crippen LogP contribution < -0.4 is 5.43 Å². The van der Waals surface area contributed by atoms with Crippen LogP contribution in [0.4, 0.5) is 0 Å². The number of amides is 2. The number of rotatable bonds is 6. The fraction of sp³-hybridized carbons (Fsp3) is 0.200. The van der Waals surface area contributed by atoms with Gasteiger partial charge in [-0.1, -0.05) is 41.4 Å². The zero-order chi connectivity index (χ0) is 21.0. The van der Waals surface area contributed by atoms with Gasteiger partial charge in [-0.3, -0.25) is 29.6 Å². The SMILES string of the molecule is O=C(NN1C[C@@H](C(=O)OCC(=O)c2ccc(Cl)cc2Cl)CC1=O)c1ccccc1. The standard InChI is InChI=1S/C20H16Cl2N2O5/c21-14-6-7-15(16(22)9-14)17(25)11-29-20(28)13-8-18(26)24(10-13)23-19(27)12-4-2-1-3-5-12/h1-7,9,13H,8,10-11H2,(H,23,27)/t13-/m0/s1. The van der Waals surface area contributed by atoms with Gasteiger partial charge >= 0.3 is 5.97 Å². The highest BCUT2D eigenvalue weighted by Crippen LogP contribution is 2.22. The minimum Gasteiger partial charge on any atom is -0.457 e. The second-order valence-corrected chi connectivity index (χ2v) is 7.21. The molecule has 1 fully saturated rings. The fourth-order valence-corrected chi connectivity index (χ4v) is 3.31. The maximum absolute atomic E-state index is 12.2. The number of nitrogens with zero attached hydrogens (tertiary/aromatic N) is 1. The molecule has 0 radical (unpaired) electrons. The maximum Gasteiger partial charge on any atom is 0.311 e. The average molecular weight is 435 g/mol. The van der Waals surface area contributed by atoms with Crippen molar-refractivity contribution >= 4 is 46.8 Å². The Morgan fingerprint density at radius 2 is 1.83 bits per heavy atom. The molecule has 29 heavy (non-hydrogen) atoms. The van der Waals surface area contributed by atoms with Gasteiger partial charge in [-0.15, -0.1) is 0 Å². The van der Waals surface area contributed by atoms with Crippen LogP contribution in [-0.2, 0) is 14.3 Å². The average Bonchev–Trinajstić information content (AvgIpc) is 3.07. The van der Waals surface area contributed by atoms with E-state index >= 15 is 0 Å². The lowest BCUT2D eigenvalue weighted by atomic mass is 10.1. The van der Waals surface area contributed by atoms with Crippen molar-refractivity contribution in [1.82, 2.24) is 10.4 Å². The van der Waals surface area contributed by atoms with Crippen LogP contribution in [0.15, 0.2) is 48.5 Å². The summed E-state index contributed by atoms with van der Waals surface area (Å²) in [5.41, 5.74) is 3.04. The lowest BCUT2D eigenvalue weighted by Crippen LogP contribution is -2.43. The monoisotopic (exact) mass is 434 g/mol. The van der Waals surface area contributed by atoms with Gasteiger partial charge in [0.25, 0.3) is 5.91 Å². The van der Waals surface area contributed by atoms with E-state index in [1.54, 1.807) is 30.3 Å². The molecule has 1 aliphatic rings. The number of hydrogen-bond donors (Lipinski definition) is 1. The number of Topliss-reactive ketones (excluding diaryl/α,β-unsaturated/α-hetero) is 1. The van der Waals surface area contributed by atoms with Crippen molar-refractivity contribution in [2.45, 2.75) is 6.42 Å². The zero-order valence-corrected chi connectivity index (χ0v) is 16.6. The molecule has 1 atom stereocenters. The molecule has 7 nitrogen and oxygen atoms in total. The molecule has 2 amide bonds. The first-order valence-corrected chi connectivity index (χ1v) is 9.42. The van der Waals surface area contributed by atoms with E-state index in [-0.39, 0.29) is 23.6 Å². The highest BCUT2D eigenvalue weighted by molar-refractivity contribution is 6.36. The summed E-state index contributed by atoms with van der Waals surface area (Å²) < 4.78 is 5.04. The summed E-state index contributed by atoms with van der Waals surface area (Å²) in [5.74, 6) is -2.84. The van der Waals surface area contributed by atoms with E-state index in [1.165, 1.54) is 18.2 Å². The predicted molar refractivity (Wildman–Crippen MR) is 105 cm³/mol. The number of ether oxygens (including phenoxy) is 1. The van der Waals surface area contributed by atoms with E-state index in [2.05, 4.69) is 5.43 Å². The van der Waals surface area contributed by atoms with E-state index in [0.717, 1.165) is 5.01 Å². The van der Waals surface area contributed by atoms with Crippen LogP contribution in [-0.4, -0.2) is 41.7 Å². The number of carbonyl (C=O) groups excluding carboxylic acids is 4. The molecule has 1 N–H and O–H groups in total. The van der Waals surface area contributed by atoms with Crippen LogP contribution in [0.1, 0.15) is 27.1 Å². The normalized spacial score (nSPS) is 15.9. The molecule has 0 saturated carbocycles. The molecule has 1 saturated heterocycles. The maximum atomic E-state index is 12.2. The number of ketones is 1. The highest BCUT2D eigenvalue weighted by atomic mass is 35.5. The molecule has 9 heteroatoms. The Balaban J connectivity index is 1.53. The van der Waals surface area contributed by atoms with Crippen LogP contribution in [0.3, 0.4) is 0 Å². The minimum absolute atomic E-state index is 0.0356. The van der Waals surface area contributed by atoms with Gasteiger partial charge < -0.3 is 4.74 Å². The van der Waals surface area contributed by atoms with E-state index in [1.807, 2.05) is 0 Å². The van der Waals surface area contributed by atoms with Crippen LogP contribution >= 0.6 is 23.2 Å². The highest BCUT2D eigenvalue weighted by Gasteiger charge is 2.36. The third kappa shape index (κ3) is 5.13. The number of halogens is 2. The number of hydrogen-bond acceptors (Lipinski definition) is 5. The lowest BCUT2D eigenvalue weighted by Gasteiger charge is -2.17. The predicted octanol–water partition coefficient (Wildman–Crippen LogP) is 2.91. The number of esters is 1. The largest absolute Gasteiger partial charge is 0.457 e. The Kier molecular flexibility index (Phi) is 6.51. The Morgan fingerprint density at radius 1 is 1.10 bits per heavy atom. The number of nitrogens with one attached hydrogen (secondary N) is 1. The van der Waals surface area contributed by atoms with E-state index in [0.29, 0.717) is 10.6 Å². The summed E-state index contributed by atoms with van der Waals surface area (Å²) in [6.45, 7) is -0.548. The van der Waals surface area contributed by atoms with Crippen LogP contribution in [0.2, 0.25) is 10.0 Å². The van der Waals surface area contributed by atoms with Gasteiger partial charge in [-0.2, -0.15) is 0 Å². The molecule has 0 aromatic heterocycles. The van der Waals surface area contributed by atoms with Gasteiger partial charge in [0.15, 0.2) is 6.61 Å². The molecule has 2 aromatic carbocycles. The Morgan fingerprint density at radius 3 is 2.52 bits per heavy atom. The van der Waals surface area contributed by atoms with Gasteiger partial charge in [0.05, 0.1) is 17.5 Å². The van der Waals surface area contributed by atoms with Crippen molar-refractivity contribution in [1.29, 1.82) is 0 Å². The second-order valence-electron chi connectivity index (χ2n) is 6.37. The van der Waals surface area contributed by atoms with Crippen molar-refractivity contribution in [2.24, 2.45) is 5.92 Å². The molecule has 1 aliphatic heterocycles. The second kappa shape index (κ2) is 9.07. The minimum atomic E-state index is -0.785. The molecule has 0 unspecified atom stereocenters. The molecule has 150 valence electrons. The van der Waals surface area contributed by atoms with E-state index in [9.17, 15) is 19.2 Å². The Bertz CT molecular complexity index is 965. The molecule has 1 heterocycles. The summed E-state index contributed by atoms with van der Waals surface area (Å²) in [7, 11) is 0. The summed E-state index contributed by atoms with van der Waals surface area (Å²) in [6, 6.07) is 12.7. The Labute approximate surface area is 176 Å². The van der Waals surface area contributed by atoms with Gasteiger partial charge in [0.1, 0.15) is 0 Å². The summed E-state index contributed by atoms with van der Waals surface area (Å²) in [6.07, 6.45) is -0.121. The quantitative estimate of drug-likeness (QED) is 0.557. The molecule has 0 aliphatic carbocycles. The van der Waals surface area contributed by atoms with E-state index < -0.39 is 36.1 Å². The molecular weight excluding hydrogens is 419 g/mol. The molecule has 3 rings (SSSR count). The van der Waals surface area contributed by atoms with Crippen molar-refractivity contribution < 1.29 is 23.9 Å². The Hall–Kier alpha value is -2.90. The van der Waals surface area contributed by atoms with Gasteiger partial charge in [-0.25, -0.2) is 0 Å². The van der Waals surface area contributed by atoms with Crippen molar-refractivity contribution in [3.05, 3.63) is 69.7 Å². The topological polar surface area (TPSA) is 92.8 Å². The fourth-order valence-electron chi connectivity index (χ4n) is 2.80. The van der Waals surface area contributed by atoms with Crippen molar-refractivity contribution in [2.75, 3.05) is 13.2 Å². The molecular formula is C20H16Cl2N2O5. The van der Waals surface area contributed by atoms with Gasteiger partial charge in [-0.05, 0) is 30.3 Å². The smallest absolute Gasteiger partial charge is 0.311 e. The summed E-state index contributed by atoms with van der Waals surface area (Å²) in [5, 5.41) is 1.62. The summed E-state index contributed by atoms with van der Waals surface area (Å²) >= 11 is 11.8.